The van der Waals surface area contributed by atoms with Crippen LogP contribution in [0, 0.1) is 6.92 Å². The van der Waals surface area contributed by atoms with Gasteiger partial charge in [-0.1, -0.05) is 35.9 Å². The standard InChI is InChI=1S/C24H24N2O3S2/c1-18-11-13-20(14-12-18)25(2)31(28,29)21-8-5-7-19(17-21)24(27)26-15-6-16-30-23-10-4-3-9-22(23)26/h3-5,7-14,17H,6,15-16H2,1-2H3. The topological polar surface area (TPSA) is 57.7 Å². The first-order valence-corrected chi connectivity index (χ1v) is 12.5. The maximum atomic E-state index is 13.4. The minimum absolute atomic E-state index is 0.0962. The number of benzene rings is 3. The van der Waals surface area contributed by atoms with E-state index in [9.17, 15) is 13.2 Å². The molecule has 0 atom stereocenters. The smallest absolute Gasteiger partial charge is 0.264 e. The van der Waals surface area contributed by atoms with E-state index in [1.165, 1.54) is 23.5 Å². The summed E-state index contributed by atoms with van der Waals surface area (Å²) in [5.41, 5.74) is 2.86. The van der Waals surface area contributed by atoms with Crippen LogP contribution >= 0.6 is 11.8 Å². The van der Waals surface area contributed by atoms with Gasteiger partial charge in [-0.25, -0.2) is 8.42 Å². The zero-order valence-electron chi connectivity index (χ0n) is 17.5. The third kappa shape index (κ3) is 4.34. The van der Waals surface area contributed by atoms with Crippen LogP contribution in [-0.2, 0) is 10.0 Å². The molecule has 7 heteroatoms. The van der Waals surface area contributed by atoms with Crippen molar-refractivity contribution < 1.29 is 13.2 Å². The molecule has 1 amide bonds. The number of hydrogen-bond donors (Lipinski definition) is 0. The molecule has 1 heterocycles. The molecule has 1 aliphatic heterocycles. The molecule has 0 unspecified atom stereocenters. The van der Waals surface area contributed by atoms with Crippen molar-refractivity contribution in [1.82, 2.24) is 0 Å². The second-order valence-electron chi connectivity index (χ2n) is 7.46. The van der Waals surface area contributed by atoms with Crippen LogP contribution in [0.4, 0.5) is 11.4 Å². The highest BCUT2D eigenvalue weighted by Gasteiger charge is 2.26. The number of thioether (sulfide) groups is 1. The van der Waals surface area contributed by atoms with Crippen molar-refractivity contribution in [2.45, 2.75) is 23.1 Å². The number of aryl methyl sites for hydroxylation is 1. The largest absolute Gasteiger partial charge is 0.307 e. The fraction of sp³-hybridized carbons (Fsp3) is 0.208. The SMILES string of the molecule is Cc1ccc(N(C)S(=O)(=O)c2cccc(C(=O)N3CCCSc4ccccc43)c2)cc1. The average Bonchev–Trinajstić information content (AvgIpc) is 3.01. The molecule has 0 radical (unpaired) electrons. The molecule has 0 aromatic heterocycles. The van der Waals surface area contributed by atoms with E-state index in [4.69, 9.17) is 0 Å². The van der Waals surface area contributed by atoms with Crippen molar-refractivity contribution in [1.29, 1.82) is 0 Å². The maximum Gasteiger partial charge on any atom is 0.264 e. The first-order valence-electron chi connectivity index (χ1n) is 10.1. The predicted molar refractivity (Wildman–Crippen MR) is 127 cm³/mol. The van der Waals surface area contributed by atoms with E-state index in [2.05, 4.69) is 0 Å². The zero-order valence-corrected chi connectivity index (χ0v) is 19.1. The van der Waals surface area contributed by atoms with Gasteiger partial charge in [0, 0.05) is 24.1 Å². The van der Waals surface area contributed by atoms with Crippen molar-refractivity contribution in [2.75, 3.05) is 28.6 Å². The van der Waals surface area contributed by atoms with E-state index >= 15 is 0 Å². The van der Waals surface area contributed by atoms with Crippen LogP contribution in [0.25, 0.3) is 0 Å². The summed E-state index contributed by atoms with van der Waals surface area (Å²) >= 11 is 1.74. The normalized spacial score (nSPS) is 13.9. The minimum atomic E-state index is -3.80. The number of hydrogen-bond acceptors (Lipinski definition) is 4. The van der Waals surface area contributed by atoms with Crippen LogP contribution in [0.3, 0.4) is 0 Å². The van der Waals surface area contributed by atoms with E-state index in [0.717, 1.165) is 28.3 Å². The molecule has 4 rings (SSSR count). The number of amides is 1. The molecular formula is C24H24N2O3S2. The highest BCUT2D eigenvalue weighted by Crippen LogP contribution is 2.34. The first kappa shape index (κ1) is 21.5. The number of fused-ring (bicyclic) bond motifs is 1. The third-order valence-corrected chi connectivity index (χ3v) is 8.25. The summed E-state index contributed by atoms with van der Waals surface area (Å²) in [6.45, 7) is 2.55. The summed E-state index contributed by atoms with van der Waals surface area (Å²) in [7, 11) is -2.28. The van der Waals surface area contributed by atoms with Gasteiger partial charge in [0.15, 0.2) is 0 Å². The highest BCUT2D eigenvalue weighted by atomic mass is 32.2. The van der Waals surface area contributed by atoms with Crippen molar-refractivity contribution in [3.8, 4) is 0 Å². The van der Waals surface area contributed by atoms with Gasteiger partial charge in [0.1, 0.15) is 0 Å². The Bertz CT molecular complexity index is 1210. The predicted octanol–water partition coefficient (Wildman–Crippen LogP) is 4.96. The van der Waals surface area contributed by atoms with Crippen molar-refractivity contribution in [2.24, 2.45) is 0 Å². The second-order valence-corrected chi connectivity index (χ2v) is 10.6. The lowest BCUT2D eigenvalue weighted by atomic mass is 10.1. The number of nitrogens with zero attached hydrogens (tertiary/aromatic N) is 2. The molecule has 0 N–H and O–H groups in total. The molecule has 0 saturated heterocycles. The molecule has 0 saturated carbocycles. The number of carbonyl (C=O) groups excluding carboxylic acids is 1. The van der Waals surface area contributed by atoms with Crippen LogP contribution < -0.4 is 9.21 Å². The third-order valence-electron chi connectivity index (χ3n) is 5.32. The Morgan fingerprint density at radius 3 is 2.52 bits per heavy atom. The summed E-state index contributed by atoms with van der Waals surface area (Å²) in [5, 5.41) is 0. The molecule has 3 aromatic rings. The van der Waals surface area contributed by atoms with E-state index < -0.39 is 10.0 Å². The van der Waals surface area contributed by atoms with Crippen molar-refractivity contribution >= 4 is 39.1 Å². The van der Waals surface area contributed by atoms with Crippen LogP contribution in [0.15, 0.2) is 82.6 Å². The van der Waals surface area contributed by atoms with Crippen molar-refractivity contribution in [3.05, 3.63) is 83.9 Å². The lowest BCUT2D eigenvalue weighted by Gasteiger charge is -2.23. The Balaban J connectivity index is 1.67. The first-order chi connectivity index (χ1) is 14.9. The fourth-order valence-corrected chi connectivity index (χ4v) is 5.77. The van der Waals surface area contributed by atoms with Gasteiger partial charge in [0.2, 0.25) is 0 Å². The van der Waals surface area contributed by atoms with Gasteiger partial charge in [-0.3, -0.25) is 9.10 Å². The van der Waals surface area contributed by atoms with Gasteiger partial charge in [0.25, 0.3) is 15.9 Å². The average molecular weight is 453 g/mol. The Morgan fingerprint density at radius 2 is 1.74 bits per heavy atom. The molecule has 160 valence electrons. The quantitative estimate of drug-likeness (QED) is 0.561. The summed E-state index contributed by atoms with van der Waals surface area (Å²) < 4.78 is 27.7. The Kier molecular flexibility index (Phi) is 6.07. The van der Waals surface area contributed by atoms with Crippen LogP contribution in [0.1, 0.15) is 22.3 Å². The Hall–Kier alpha value is -2.77. The lowest BCUT2D eigenvalue weighted by molar-refractivity contribution is 0.0986. The van der Waals surface area contributed by atoms with Crippen LogP contribution in [0.5, 0.6) is 0 Å². The summed E-state index contributed by atoms with van der Waals surface area (Å²) in [6, 6.07) is 21.4. The molecule has 31 heavy (non-hydrogen) atoms. The van der Waals surface area contributed by atoms with Gasteiger partial charge in [-0.2, -0.15) is 0 Å². The highest BCUT2D eigenvalue weighted by molar-refractivity contribution is 7.99. The van der Waals surface area contributed by atoms with Crippen molar-refractivity contribution in [3.63, 3.8) is 0 Å². The van der Waals surface area contributed by atoms with E-state index in [-0.39, 0.29) is 10.8 Å². The van der Waals surface area contributed by atoms with Crippen LogP contribution in [-0.4, -0.2) is 33.7 Å². The fourth-order valence-electron chi connectivity index (χ4n) is 3.54. The number of anilines is 2. The number of carbonyl (C=O) groups is 1. The molecule has 0 bridgehead atoms. The summed E-state index contributed by atoms with van der Waals surface area (Å²) in [5.74, 6) is 0.751. The number of sulfonamides is 1. The lowest BCUT2D eigenvalue weighted by Crippen LogP contribution is -2.32. The van der Waals surface area contributed by atoms with Gasteiger partial charge in [0.05, 0.1) is 16.3 Å². The van der Waals surface area contributed by atoms with Gasteiger partial charge in [-0.05, 0) is 61.6 Å². The molecule has 0 fully saturated rings. The minimum Gasteiger partial charge on any atom is -0.307 e. The van der Waals surface area contributed by atoms with Crippen LogP contribution in [0.2, 0.25) is 0 Å². The molecule has 0 aliphatic carbocycles. The second kappa shape index (κ2) is 8.77. The monoisotopic (exact) mass is 452 g/mol. The zero-order chi connectivity index (χ0) is 22.0. The molecule has 0 spiro atoms. The maximum absolute atomic E-state index is 13.4. The summed E-state index contributed by atoms with van der Waals surface area (Å²) in [6.07, 6.45) is 0.874. The number of rotatable bonds is 4. The number of para-hydroxylation sites is 1. The van der Waals surface area contributed by atoms with Gasteiger partial charge < -0.3 is 4.90 Å². The van der Waals surface area contributed by atoms with E-state index in [1.807, 2.05) is 43.3 Å². The molecular weight excluding hydrogens is 428 g/mol. The molecule has 1 aliphatic rings. The van der Waals surface area contributed by atoms with E-state index in [1.54, 1.807) is 40.9 Å². The Morgan fingerprint density at radius 1 is 1.00 bits per heavy atom. The van der Waals surface area contributed by atoms with Gasteiger partial charge in [-0.15, -0.1) is 11.8 Å². The van der Waals surface area contributed by atoms with E-state index in [0.29, 0.717) is 17.8 Å². The molecule has 5 nitrogen and oxygen atoms in total. The summed E-state index contributed by atoms with van der Waals surface area (Å²) in [4.78, 5) is 16.3. The van der Waals surface area contributed by atoms with Gasteiger partial charge >= 0.3 is 0 Å². The molecule has 3 aromatic carbocycles. The Labute approximate surface area is 187 Å².